The van der Waals surface area contributed by atoms with E-state index >= 15 is 0 Å². The molecular weight excluding hydrogens is 309 g/mol. The van der Waals surface area contributed by atoms with E-state index in [4.69, 9.17) is 11.6 Å². The van der Waals surface area contributed by atoms with Gasteiger partial charge < -0.3 is 5.32 Å². The number of alkyl halides is 1. The summed E-state index contributed by atoms with van der Waals surface area (Å²) in [5.74, 6) is -0.233. The first-order chi connectivity index (χ1) is 10.6. The molecule has 0 spiro atoms. The Kier molecular flexibility index (Phi) is 3.77. The number of rotatable bonds is 3. The first kappa shape index (κ1) is 14.5. The van der Waals surface area contributed by atoms with Crippen molar-refractivity contribution < 1.29 is 9.31 Å². The quantitative estimate of drug-likeness (QED) is 0.534. The van der Waals surface area contributed by atoms with E-state index in [1.165, 1.54) is 18.2 Å². The molecule has 5 nitrogen and oxygen atoms in total. The van der Waals surface area contributed by atoms with Crippen molar-refractivity contribution in [3.8, 4) is 0 Å². The zero-order valence-electron chi connectivity index (χ0n) is 11.3. The minimum Gasteiger partial charge on any atom is -0.362 e. The molecule has 0 aromatic heterocycles. The maximum absolute atomic E-state index is 14.1. The molecule has 2 aromatic carbocycles. The third-order valence-corrected chi connectivity index (χ3v) is 3.64. The van der Waals surface area contributed by atoms with Crippen LogP contribution < -0.4 is 5.32 Å². The van der Waals surface area contributed by atoms with Gasteiger partial charge in [0.25, 0.3) is 5.69 Å². The zero-order valence-corrected chi connectivity index (χ0v) is 12.0. The van der Waals surface area contributed by atoms with E-state index in [1.54, 1.807) is 24.3 Å². The average molecular weight is 320 g/mol. The van der Waals surface area contributed by atoms with Gasteiger partial charge in [-0.3, -0.25) is 15.1 Å². The molecule has 0 saturated carbocycles. The van der Waals surface area contributed by atoms with E-state index in [0.717, 1.165) is 0 Å². The molecule has 0 amide bonds. The lowest BCUT2D eigenvalue weighted by molar-refractivity contribution is -0.384. The van der Waals surface area contributed by atoms with Gasteiger partial charge in [-0.1, -0.05) is 12.1 Å². The summed E-state index contributed by atoms with van der Waals surface area (Å²) >= 11 is 5.85. The molecule has 112 valence electrons. The second kappa shape index (κ2) is 5.73. The van der Waals surface area contributed by atoms with Gasteiger partial charge in [-0.25, -0.2) is 4.39 Å². The number of benzene rings is 2. The number of non-ortho nitro benzene ring substituents is 1. The van der Waals surface area contributed by atoms with E-state index < -0.39 is 16.9 Å². The Bertz CT molecular complexity index is 779. The Morgan fingerprint density at radius 1 is 1.27 bits per heavy atom. The molecule has 0 aliphatic carbocycles. The van der Waals surface area contributed by atoms with Crippen LogP contribution in [0.25, 0.3) is 0 Å². The predicted molar refractivity (Wildman–Crippen MR) is 83.3 cm³/mol. The van der Waals surface area contributed by atoms with Crippen LogP contribution in [0.15, 0.2) is 47.5 Å². The number of anilines is 1. The summed E-state index contributed by atoms with van der Waals surface area (Å²) in [7, 11) is 0. The number of nitrogens with one attached hydrogen (secondary N) is 1. The van der Waals surface area contributed by atoms with Gasteiger partial charge in [0.1, 0.15) is 12.0 Å². The van der Waals surface area contributed by atoms with E-state index in [9.17, 15) is 14.5 Å². The molecule has 22 heavy (non-hydrogen) atoms. The Balaban J connectivity index is 2.20. The fourth-order valence-corrected chi connectivity index (χ4v) is 2.49. The van der Waals surface area contributed by atoms with Crippen molar-refractivity contribution in [3.63, 3.8) is 0 Å². The number of nitrogens with zero attached hydrogens (tertiary/aromatic N) is 2. The number of hydrogen-bond acceptors (Lipinski definition) is 4. The van der Waals surface area contributed by atoms with Crippen LogP contribution in [0, 0.1) is 15.9 Å². The van der Waals surface area contributed by atoms with E-state index in [0.29, 0.717) is 22.5 Å². The molecule has 1 N–H and O–H groups in total. The molecule has 0 radical (unpaired) electrons. The summed E-state index contributed by atoms with van der Waals surface area (Å²) in [5, 5.41) is 14.0. The van der Waals surface area contributed by atoms with Crippen molar-refractivity contribution in [2.45, 2.75) is 6.17 Å². The highest BCUT2D eigenvalue weighted by atomic mass is 35.5. The van der Waals surface area contributed by atoms with Gasteiger partial charge in [-0.2, -0.15) is 0 Å². The fourth-order valence-electron chi connectivity index (χ4n) is 2.35. The van der Waals surface area contributed by atoms with E-state index in [2.05, 4.69) is 10.3 Å². The largest absolute Gasteiger partial charge is 0.362 e. The molecule has 1 aliphatic heterocycles. The summed E-state index contributed by atoms with van der Waals surface area (Å²) in [6.45, 7) is 0. The van der Waals surface area contributed by atoms with Gasteiger partial charge in [0.2, 0.25) is 0 Å². The summed E-state index contributed by atoms with van der Waals surface area (Å²) in [6.07, 6.45) is -0.412. The van der Waals surface area contributed by atoms with Crippen molar-refractivity contribution in [2.75, 3.05) is 11.2 Å². The molecule has 1 unspecified atom stereocenters. The van der Waals surface area contributed by atoms with Crippen LogP contribution in [0.3, 0.4) is 0 Å². The zero-order chi connectivity index (χ0) is 15.7. The summed E-state index contributed by atoms with van der Waals surface area (Å²) in [5.41, 5.74) is 1.71. The summed E-state index contributed by atoms with van der Waals surface area (Å²) in [6, 6.07) is 10.5. The van der Waals surface area contributed by atoms with Gasteiger partial charge in [-0.15, -0.1) is 11.6 Å². The number of aliphatic imine (C=N–C) groups is 1. The highest BCUT2D eigenvalue weighted by Gasteiger charge is 2.24. The molecule has 3 rings (SSSR count). The molecule has 0 bridgehead atoms. The summed E-state index contributed by atoms with van der Waals surface area (Å²) < 4.78 is 14.1. The van der Waals surface area contributed by atoms with Gasteiger partial charge in [0.05, 0.1) is 16.5 Å². The SMILES string of the molecule is O=[N+]([O-])c1ccc2c(c1)C(c1ccccc1F)=NC(CCl)N2. The lowest BCUT2D eigenvalue weighted by Gasteiger charge is -2.24. The van der Waals surface area contributed by atoms with Crippen molar-refractivity contribution in [1.29, 1.82) is 0 Å². The van der Waals surface area contributed by atoms with Crippen molar-refractivity contribution in [3.05, 3.63) is 69.5 Å². The number of nitro benzene ring substituents is 1. The molecule has 1 heterocycles. The van der Waals surface area contributed by atoms with Crippen LogP contribution in [-0.2, 0) is 0 Å². The lowest BCUT2D eigenvalue weighted by atomic mass is 9.97. The van der Waals surface area contributed by atoms with Gasteiger partial charge in [0.15, 0.2) is 0 Å². The van der Waals surface area contributed by atoms with Crippen LogP contribution in [-0.4, -0.2) is 22.7 Å². The second-order valence-corrected chi connectivity index (χ2v) is 5.07. The van der Waals surface area contributed by atoms with Gasteiger partial charge in [0, 0.05) is 28.9 Å². The molecule has 1 atom stereocenters. The van der Waals surface area contributed by atoms with Crippen LogP contribution in [0.1, 0.15) is 11.1 Å². The highest BCUT2D eigenvalue weighted by molar-refractivity contribution is 6.20. The average Bonchev–Trinajstić information content (AvgIpc) is 2.53. The van der Waals surface area contributed by atoms with Gasteiger partial charge in [-0.05, 0) is 18.2 Å². The van der Waals surface area contributed by atoms with Crippen LogP contribution >= 0.6 is 11.6 Å². The van der Waals surface area contributed by atoms with E-state index in [1.807, 2.05) is 0 Å². The number of nitro groups is 1. The van der Waals surface area contributed by atoms with Gasteiger partial charge >= 0.3 is 0 Å². The van der Waals surface area contributed by atoms with Crippen LogP contribution in [0.5, 0.6) is 0 Å². The van der Waals surface area contributed by atoms with E-state index in [-0.39, 0.29) is 11.6 Å². The van der Waals surface area contributed by atoms with Crippen molar-refractivity contribution in [2.24, 2.45) is 4.99 Å². The second-order valence-electron chi connectivity index (χ2n) is 4.76. The maximum atomic E-state index is 14.1. The minimum atomic E-state index is -0.493. The molecular formula is C15H11ClFN3O2. The third-order valence-electron chi connectivity index (χ3n) is 3.35. The molecule has 0 fully saturated rings. The number of fused-ring (bicyclic) bond motifs is 1. The van der Waals surface area contributed by atoms with Crippen LogP contribution in [0.4, 0.5) is 15.8 Å². The minimum absolute atomic E-state index is 0.0751. The Morgan fingerprint density at radius 2 is 2.05 bits per heavy atom. The van der Waals surface area contributed by atoms with Crippen LogP contribution in [0.2, 0.25) is 0 Å². The van der Waals surface area contributed by atoms with Crippen molar-refractivity contribution in [1.82, 2.24) is 0 Å². The first-order valence-corrected chi connectivity index (χ1v) is 7.07. The smallest absolute Gasteiger partial charge is 0.270 e. The predicted octanol–water partition coefficient (Wildman–Crippen LogP) is 3.56. The fraction of sp³-hybridized carbons (Fsp3) is 0.133. The topological polar surface area (TPSA) is 67.5 Å². The lowest BCUT2D eigenvalue weighted by Crippen LogP contribution is -2.28. The van der Waals surface area contributed by atoms with Crippen molar-refractivity contribution >= 4 is 28.7 Å². The Morgan fingerprint density at radius 3 is 2.73 bits per heavy atom. The number of halogens is 2. The summed E-state index contributed by atoms with van der Waals surface area (Å²) in [4.78, 5) is 14.9. The molecule has 1 aliphatic rings. The standard InChI is InChI=1S/C15H11ClFN3O2/c16-8-14-18-13-6-5-9(20(21)22)7-11(13)15(19-14)10-3-1-2-4-12(10)17/h1-7,14,18H,8H2. The maximum Gasteiger partial charge on any atom is 0.270 e. The number of hydrogen-bond donors (Lipinski definition) is 1. The monoisotopic (exact) mass is 319 g/mol. The normalized spacial score (nSPS) is 16.5. The third kappa shape index (κ3) is 2.53. The molecule has 0 saturated heterocycles. The molecule has 2 aromatic rings. The Labute approximate surface area is 130 Å². The first-order valence-electron chi connectivity index (χ1n) is 6.54. The Hall–Kier alpha value is -2.47. The molecule has 7 heteroatoms. The highest BCUT2D eigenvalue weighted by Crippen LogP contribution is 2.30.